The van der Waals surface area contributed by atoms with E-state index in [4.69, 9.17) is 4.74 Å². The molecule has 2 rings (SSSR count). The van der Waals surface area contributed by atoms with E-state index >= 15 is 0 Å². The van der Waals surface area contributed by atoms with Crippen molar-refractivity contribution in [3.63, 3.8) is 0 Å². The number of nitro groups is 1. The van der Waals surface area contributed by atoms with Crippen molar-refractivity contribution in [3.05, 3.63) is 70.0 Å². The van der Waals surface area contributed by atoms with E-state index in [0.29, 0.717) is 18.7 Å². The Kier molecular flexibility index (Phi) is 6.24. The number of rotatable bonds is 8. The number of benzene rings is 2. The van der Waals surface area contributed by atoms with E-state index in [-0.39, 0.29) is 30.4 Å². The molecule has 0 aliphatic rings. The lowest BCUT2D eigenvalue weighted by Crippen LogP contribution is -2.27. The SMILES string of the molecule is O=C(CCOc1cccc([N+](=O)[O-])c1)NCCc1ccc(F)cc1. The fourth-order valence-corrected chi connectivity index (χ4v) is 2.03. The van der Waals surface area contributed by atoms with Gasteiger partial charge in [-0.1, -0.05) is 18.2 Å². The third-order valence-electron chi connectivity index (χ3n) is 3.28. The van der Waals surface area contributed by atoms with Gasteiger partial charge in [-0.15, -0.1) is 0 Å². The molecular weight excluding hydrogens is 315 g/mol. The Morgan fingerprint density at radius 2 is 1.96 bits per heavy atom. The largest absolute Gasteiger partial charge is 0.493 e. The van der Waals surface area contributed by atoms with Gasteiger partial charge in [0.05, 0.1) is 24.0 Å². The molecule has 2 aromatic carbocycles. The first-order chi connectivity index (χ1) is 11.5. The van der Waals surface area contributed by atoms with Crippen molar-refractivity contribution < 1.29 is 18.8 Å². The van der Waals surface area contributed by atoms with Crippen molar-refractivity contribution in [2.24, 2.45) is 0 Å². The van der Waals surface area contributed by atoms with E-state index in [1.165, 1.54) is 30.3 Å². The number of nitrogens with zero attached hydrogens (tertiary/aromatic N) is 1. The van der Waals surface area contributed by atoms with Crippen LogP contribution in [0.1, 0.15) is 12.0 Å². The number of nitro benzene ring substituents is 1. The van der Waals surface area contributed by atoms with Crippen molar-refractivity contribution in [1.29, 1.82) is 0 Å². The van der Waals surface area contributed by atoms with Gasteiger partial charge in [-0.25, -0.2) is 4.39 Å². The van der Waals surface area contributed by atoms with Crippen molar-refractivity contribution in [3.8, 4) is 5.75 Å². The molecule has 0 spiro atoms. The van der Waals surface area contributed by atoms with Crippen molar-refractivity contribution in [1.82, 2.24) is 5.32 Å². The highest BCUT2D eigenvalue weighted by molar-refractivity contribution is 5.75. The first kappa shape index (κ1) is 17.4. The molecule has 0 bridgehead atoms. The van der Waals surface area contributed by atoms with Gasteiger partial charge in [0.25, 0.3) is 5.69 Å². The molecule has 0 aromatic heterocycles. The second kappa shape index (κ2) is 8.61. The second-order valence-electron chi connectivity index (χ2n) is 5.08. The molecule has 0 unspecified atom stereocenters. The number of carbonyl (C=O) groups is 1. The number of nitrogens with one attached hydrogen (secondary N) is 1. The number of hydrogen-bond acceptors (Lipinski definition) is 4. The van der Waals surface area contributed by atoms with Crippen LogP contribution in [0.3, 0.4) is 0 Å². The maximum absolute atomic E-state index is 12.8. The first-order valence-corrected chi connectivity index (χ1v) is 7.43. The summed E-state index contributed by atoms with van der Waals surface area (Å²) in [5.41, 5.74) is 0.876. The molecule has 1 amide bonds. The van der Waals surface area contributed by atoms with Gasteiger partial charge in [0, 0.05) is 12.6 Å². The zero-order valence-electron chi connectivity index (χ0n) is 12.9. The van der Waals surface area contributed by atoms with E-state index in [1.807, 2.05) is 0 Å². The quantitative estimate of drug-likeness (QED) is 0.595. The lowest BCUT2D eigenvalue weighted by atomic mass is 10.1. The summed E-state index contributed by atoms with van der Waals surface area (Å²) in [5.74, 6) is -0.119. The van der Waals surface area contributed by atoms with Crippen LogP contribution in [0.2, 0.25) is 0 Å². The lowest BCUT2D eigenvalue weighted by molar-refractivity contribution is -0.384. The van der Waals surface area contributed by atoms with Crippen LogP contribution in [0.15, 0.2) is 48.5 Å². The summed E-state index contributed by atoms with van der Waals surface area (Å²) < 4.78 is 18.1. The van der Waals surface area contributed by atoms with Crippen LogP contribution in [-0.2, 0) is 11.2 Å². The number of non-ortho nitro benzene ring substituents is 1. The smallest absolute Gasteiger partial charge is 0.273 e. The summed E-state index contributed by atoms with van der Waals surface area (Å²) in [7, 11) is 0. The van der Waals surface area contributed by atoms with E-state index in [0.717, 1.165) is 5.56 Å². The highest BCUT2D eigenvalue weighted by Gasteiger charge is 2.07. The minimum Gasteiger partial charge on any atom is -0.493 e. The van der Waals surface area contributed by atoms with Crippen LogP contribution in [0.25, 0.3) is 0 Å². The molecule has 0 atom stereocenters. The molecule has 24 heavy (non-hydrogen) atoms. The molecule has 6 nitrogen and oxygen atoms in total. The Bertz CT molecular complexity index is 704. The number of halogens is 1. The summed E-state index contributed by atoms with van der Waals surface area (Å²) in [4.78, 5) is 21.8. The molecule has 0 heterocycles. The molecule has 0 fully saturated rings. The Morgan fingerprint density at radius 3 is 2.67 bits per heavy atom. The predicted molar refractivity (Wildman–Crippen MR) is 86.3 cm³/mol. The van der Waals surface area contributed by atoms with Gasteiger partial charge >= 0.3 is 0 Å². The summed E-state index contributed by atoms with van der Waals surface area (Å²) in [6.45, 7) is 0.574. The van der Waals surface area contributed by atoms with Crippen LogP contribution >= 0.6 is 0 Å². The van der Waals surface area contributed by atoms with Gasteiger partial charge in [-0.3, -0.25) is 14.9 Å². The van der Waals surface area contributed by atoms with Crippen molar-refractivity contribution in [2.45, 2.75) is 12.8 Å². The van der Waals surface area contributed by atoms with Gasteiger partial charge in [-0.05, 0) is 30.2 Å². The fourth-order valence-electron chi connectivity index (χ4n) is 2.03. The highest BCUT2D eigenvalue weighted by atomic mass is 19.1. The molecule has 7 heteroatoms. The standard InChI is InChI=1S/C17H17FN2O4/c18-14-6-4-13(5-7-14)8-10-19-17(21)9-11-24-16-3-1-2-15(12-16)20(22)23/h1-7,12H,8-11H2,(H,19,21). The van der Waals surface area contributed by atoms with Crippen LogP contribution < -0.4 is 10.1 Å². The Balaban J connectivity index is 1.67. The molecular formula is C17H17FN2O4. The molecule has 0 aliphatic heterocycles. The van der Waals surface area contributed by atoms with Crippen molar-refractivity contribution >= 4 is 11.6 Å². The van der Waals surface area contributed by atoms with Gasteiger partial charge in [-0.2, -0.15) is 0 Å². The van der Waals surface area contributed by atoms with Crippen molar-refractivity contribution in [2.75, 3.05) is 13.2 Å². The summed E-state index contributed by atoms with van der Waals surface area (Å²) in [6, 6.07) is 11.9. The summed E-state index contributed by atoms with van der Waals surface area (Å²) in [5, 5.41) is 13.4. The van der Waals surface area contributed by atoms with Gasteiger partial charge < -0.3 is 10.1 Å². The maximum atomic E-state index is 12.8. The molecule has 1 N–H and O–H groups in total. The van der Waals surface area contributed by atoms with E-state index < -0.39 is 4.92 Å². The minimum atomic E-state index is -0.505. The molecule has 2 aromatic rings. The average Bonchev–Trinajstić information content (AvgIpc) is 2.57. The lowest BCUT2D eigenvalue weighted by Gasteiger charge is -2.07. The Morgan fingerprint density at radius 1 is 1.21 bits per heavy atom. The zero-order valence-corrected chi connectivity index (χ0v) is 12.9. The maximum Gasteiger partial charge on any atom is 0.273 e. The van der Waals surface area contributed by atoms with Crippen LogP contribution in [-0.4, -0.2) is 24.0 Å². The first-order valence-electron chi connectivity index (χ1n) is 7.43. The Hall–Kier alpha value is -2.96. The Labute approximate surface area is 138 Å². The molecule has 0 saturated heterocycles. The summed E-state index contributed by atoms with van der Waals surface area (Å²) >= 11 is 0. The molecule has 0 aliphatic carbocycles. The number of carbonyl (C=O) groups excluding carboxylic acids is 1. The highest BCUT2D eigenvalue weighted by Crippen LogP contribution is 2.19. The molecule has 126 valence electrons. The third kappa shape index (κ3) is 5.68. The zero-order chi connectivity index (χ0) is 17.4. The monoisotopic (exact) mass is 332 g/mol. The topological polar surface area (TPSA) is 81.5 Å². The van der Waals surface area contributed by atoms with Gasteiger partial charge in [0.1, 0.15) is 11.6 Å². The molecule has 0 saturated carbocycles. The minimum absolute atomic E-state index is 0.0590. The average molecular weight is 332 g/mol. The van der Waals surface area contributed by atoms with Crippen LogP contribution in [0.4, 0.5) is 10.1 Å². The van der Waals surface area contributed by atoms with E-state index in [1.54, 1.807) is 18.2 Å². The predicted octanol–water partition coefficient (Wildman–Crippen LogP) is 2.86. The number of amides is 1. The van der Waals surface area contributed by atoms with E-state index in [2.05, 4.69) is 5.32 Å². The second-order valence-corrected chi connectivity index (χ2v) is 5.08. The fraction of sp³-hybridized carbons (Fsp3) is 0.235. The van der Waals surface area contributed by atoms with Gasteiger partial charge in [0.15, 0.2) is 0 Å². The van der Waals surface area contributed by atoms with E-state index in [9.17, 15) is 19.3 Å². The van der Waals surface area contributed by atoms with Gasteiger partial charge in [0.2, 0.25) is 5.91 Å². The molecule has 0 radical (unpaired) electrons. The van der Waals surface area contributed by atoms with Crippen LogP contribution in [0, 0.1) is 15.9 Å². The normalized spacial score (nSPS) is 10.2. The number of hydrogen-bond donors (Lipinski definition) is 1. The summed E-state index contributed by atoms with van der Waals surface area (Å²) in [6.07, 6.45) is 0.754. The van der Waals surface area contributed by atoms with Crippen LogP contribution in [0.5, 0.6) is 5.75 Å². The number of ether oxygens (including phenoxy) is 1. The third-order valence-corrected chi connectivity index (χ3v) is 3.28.